The minimum absolute atomic E-state index is 0.287. The van der Waals surface area contributed by atoms with E-state index in [1.807, 2.05) is 6.07 Å². The lowest BCUT2D eigenvalue weighted by Gasteiger charge is -2.36. The van der Waals surface area contributed by atoms with Gasteiger partial charge in [0.15, 0.2) is 11.6 Å². The summed E-state index contributed by atoms with van der Waals surface area (Å²) in [4.78, 5) is 19.8. The van der Waals surface area contributed by atoms with Gasteiger partial charge in [-0.2, -0.15) is 0 Å². The molecule has 6 heteroatoms. The Morgan fingerprint density at radius 3 is 2.32 bits per heavy atom. The lowest BCUT2D eigenvalue weighted by atomic mass is 10.1. The third kappa shape index (κ3) is 4.66. The molecule has 1 aromatic rings. The van der Waals surface area contributed by atoms with Gasteiger partial charge in [0.1, 0.15) is 0 Å². The molecule has 154 valence electrons. The molecule has 0 radical (unpaired) electrons. The van der Waals surface area contributed by atoms with Crippen LogP contribution in [0, 0.1) is 5.82 Å². The van der Waals surface area contributed by atoms with Crippen molar-refractivity contribution in [1.29, 1.82) is 0 Å². The molecule has 3 fully saturated rings. The van der Waals surface area contributed by atoms with E-state index >= 15 is 0 Å². The molecular formula is C22H32FN3O2. The Morgan fingerprint density at radius 1 is 1.07 bits per heavy atom. The van der Waals surface area contributed by atoms with Crippen molar-refractivity contribution in [2.24, 2.45) is 0 Å². The minimum atomic E-state index is -0.309. The third-order valence-electron chi connectivity index (χ3n) is 6.39. The zero-order valence-electron chi connectivity index (χ0n) is 16.9. The van der Waals surface area contributed by atoms with Crippen molar-refractivity contribution < 1.29 is 13.9 Å². The first kappa shape index (κ1) is 19.6. The van der Waals surface area contributed by atoms with Crippen molar-refractivity contribution in [2.75, 3.05) is 39.8 Å². The lowest BCUT2D eigenvalue weighted by molar-refractivity contribution is -0.135. The number of carbonyl (C=O) groups excluding carboxylic acids is 1. The van der Waals surface area contributed by atoms with Gasteiger partial charge in [-0.05, 0) is 43.4 Å². The van der Waals surface area contributed by atoms with Crippen LogP contribution in [0.25, 0.3) is 0 Å². The molecule has 0 bridgehead atoms. The van der Waals surface area contributed by atoms with Crippen molar-refractivity contribution in [3.8, 4) is 5.75 Å². The molecule has 28 heavy (non-hydrogen) atoms. The SMILES string of the molecule is COc1ccc(CN2CCN(CC(=O)N(C3CCCC3)C3CC3)CC2)cc1F. The van der Waals surface area contributed by atoms with Crippen LogP contribution in [-0.4, -0.2) is 72.5 Å². The number of rotatable bonds is 7. The third-order valence-corrected chi connectivity index (χ3v) is 6.39. The summed E-state index contributed by atoms with van der Waals surface area (Å²) in [5, 5.41) is 0. The van der Waals surface area contributed by atoms with E-state index in [1.54, 1.807) is 12.1 Å². The molecule has 0 N–H and O–H groups in total. The minimum Gasteiger partial charge on any atom is -0.494 e. The molecule has 0 spiro atoms. The van der Waals surface area contributed by atoms with Gasteiger partial charge in [0.2, 0.25) is 5.91 Å². The van der Waals surface area contributed by atoms with Gasteiger partial charge >= 0.3 is 0 Å². The van der Waals surface area contributed by atoms with Crippen molar-refractivity contribution in [2.45, 2.75) is 57.2 Å². The second-order valence-electron chi connectivity index (χ2n) is 8.49. The van der Waals surface area contributed by atoms with Gasteiger partial charge in [-0.25, -0.2) is 4.39 Å². The quantitative estimate of drug-likeness (QED) is 0.719. The van der Waals surface area contributed by atoms with E-state index in [4.69, 9.17) is 4.74 Å². The molecule has 1 aliphatic heterocycles. The van der Waals surface area contributed by atoms with Gasteiger partial charge in [-0.15, -0.1) is 0 Å². The summed E-state index contributed by atoms with van der Waals surface area (Å²) < 4.78 is 18.9. The smallest absolute Gasteiger partial charge is 0.237 e. The standard InChI is InChI=1S/C22H32FN3O2/c1-28-21-9-6-17(14-20(21)23)15-24-10-12-25(13-11-24)16-22(27)26(19-7-8-19)18-4-2-3-5-18/h6,9,14,18-19H,2-5,7-8,10-13,15-16H2,1H3. The van der Waals surface area contributed by atoms with Crippen LogP contribution in [-0.2, 0) is 11.3 Å². The number of nitrogens with zero attached hydrogens (tertiary/aromatic N) is 3. The summed E-state index contributed by atoms with van der Waals surface area (Å²) in [6.45, 7) is 4.90. The molecule has 1 saturated heterocycles. The maximum Gasteiger partial charge on any atom is 0.237 e. The van der Waals surface area contributed by atoms with Crippen molar-refractivity contribution in [1.82, 2.24) is 14.7 Å². The van der Waals surface area contributed by atoms with Gasteiger partial charge in [-0.3, -0.25) is 14.6 Å². The van der Waals surface area contributed by atoms with E-state index in [1.165, 1.54) is 45.6 Å². The molecule has 5 nitrogen and oxygen atoms in total. The number of benzene rings is 1. The largest absolute Gasteiger partial charge is 0.494 e. The number of ether oxygens (including phenoxy) is 1. The van der Waals surface area contributed by atoms with Crippen molar-refractivity contribution >= 4 is 5.91 Å². The number of halogens is 1. The molecule has 0 aromatic heterocycles. The lowest BCUT2D eigenvalue weighted by Crippen LogP contribution is -2.51. The predicted molar refractivity (Wildman–Crippen MR) is 107 cm³/mol. The summed E-state index contributed by atoms with van der Waals surface area (Å²) in [6.07, 6.45) is 7.29. The molecule has 0 atom stereocenters. The Morgan fingerprint density at radius 2 is 1.71 bits per heavy atom. The highest BCUT2D eigenvalue weighted by Crippen LogP contribution is 2.34. The van der Waals surface area contributed by atoms with Crippen LogP contribution in [0.5, 0.6) is 5.75 Å². The Labute approximate surface area is 167 Å². The van der Waals surface area contributed by atoms with Gasteiger partial charge < -0.3 is 9.64 Å². The average molecular weight is 390 g/mol. The fourth-order valence-electron chi connectivity index (χ4n) is 4.69. The average Bonchev–Trinajstić information content (AvgIpc) is 3.37. The summed E-state index contributed by atoms with van der Waals surface area (Å²) in [7, 11) is 1.48. The first-order valence-corrected chi connectivity index (χ1v) is 10.7. The van der Waals surface area contributed by atoms with E-state index in [9.17, 15) is 9.18 Å². The van der Waals surface area contributed by atoms with Gasteiger partial charge in [-0.1, -0.05) is 18.9 Å². The van der Waals surface area contributed by atoms with Crippen LogP contribution in [0.2, 0.25) is 0 Å². The van der Waals surface area contributed by atoms with Crippen molar-refractivity contribution in [3.05, 3.63) is 29.6 Å². The predicted octanol–water partition coefficient (Wildman–Crippen LogP) is 2.89. The Balaban J connectivity index is 1.25. The van der Waals surface area contributed by atoms with E-state index in [0.717, 1.165) is 38.3 Å². The Hall–Kier alpha value is -1.66. The zero-order valence-corrected chi connectivity index (χ0v) is 16.9. The van der Waals surface area contributed by atoms with E-state index in [0.29, 0.717) is 24.5 Å². The number of piperazine rings is 1. The summed E-state index contributed by atoms with van der Waals surface area (Å²) in [5.74, 6) is 0.311. The van der Waals surface area contributed by atoms with Crippen LogP contribution < -0.4 is 4.74 Å². The van der Waals surface area contributed by atoms with Crippen LogP contribution >= 0.6 is 0 Å². The van der Waals surface area contributed by atoms with Crippen LogP contribution in [0.4, 0.5) is 4.39 Å². The summed E-state index contributed by atoms with van der Waals surface area (Å²) in [5.41, 5.74) is 0.962. The number of methoxy groups -OCH3 is 1. The highest BCUT2D eigenvalue weighted by Gasteiger charge is 2.38. The molecule has 1 amide bonds. The topological polar surface area (TPSA) is 36.0 Å². The van der Waals surface area contributed by atoms with Crippen molar-refractivity contribution in [3.63, 3.8) is 0 Å². The zero-order chi connectivity index (χ0) is 19.5. The Kier molecular flexibility index (Phi) is 6.16. The van der Waals surface area contributed by atoms with Crippen LogP contribution in [0.3, 0.4) is 0 Å². The van der Waals surface area contributed by atoms with E-state index < -0.39 is 0 Å². The second-order valence-corrected chi connectivity index (χ2v) is 8.49. The molecule has 2 saturated carbocycles. The van der Waals surface area contributed by atoms with Gasteiger partial charge in [0, 0.05) is 44.8 Å². The number of hydrogen-bond donors (Lipinski definition) is 0. The summed E-state index contributed by atoms with van der Waals surface area (Å²) >= 11 is 0. The molecule has 1 aromatic carbocycles. The van der Waals surface area contributed by atoms with E-state index in [-0.39, 0.29) is 11.6 Å². The number of carbonyl (C=O) groups is 1. The Bertz CT molecular complexity index is 680. The monoisotopic (exact) mass is 389 g/mol. The normalized spacial score (nSPS) is 21.8. The van der Waals surface area contributed by atoms with Crippen LogP contribution in [0.15, 0.2) is 18.2 Å². The molecule has 1 heterocycles. The van der Waals surface area contributed by atoms with Crippen LogP contribution in [0.1, 0.15) is 44.1 Å². The summed E-state index contributed by atoms with van der Waals surface area (Å²) in [6, 6.07) is 6.18. The maximum atomic E-state index is 13.9. The number of hydrogen-bond acceptors (Lipinski definition) is 4. The second kappa shape index (κ2) is 8.78. The maximum absolute atomic E-state index is 13.9. The molecule has 2 aliphatic carbocycles. The van der Waals surface area contributed by atoms with E-state index in [2.05, 4.69) is 14.7 Å². The fourth-order valence-corrected chi connectivity index (χ4v) is 4.69. The van der Waals surface area contributed by atoms with Gasteiger partial charge in [0.25, 0.3) is 0 Å². The highest BCUT2D eigenvalue weighted by atomic mass is 19.1. The molecular weight excluding hydrogens is 357 g/mol. The molecule has 0 unspecified atom stereocenters. The van der Waals surface area contributed by atoms with Gasteiger partial charge in [0.05, 0.1) is 13.7 Å². The highest BCUT2D eigenvalue weighted by molar-refractivity contribution is 5.79. The first-order valence-electron chi connectivity index (χ1n) is 10.7. The molecule has 3 aliphatic rings. The fraction of sp³-hybridized carbons (Fsp3) is 0.682. The first-order chi connectivity index (χ1) is 13.6. The number of amides is 1. The molecule has 4 rings (SSSR count).